The average Bonchev–Trinajstić information content (AvgIpc) is 2.71. The monoisotopic (exact) mass is 429 g/mol. The molecule has 0 saturated carbocycles. The highest BCUT2D eigenvalue weighted by atomic mass is 32.1. The number of nitrogens with zero attached hydrogens (tertiary/aromatic N) is 1. The summed E-state index contributed by atoms with van der Waals surface area (Å²) in [4.78, 5) is 34.2. The summed E-state index contributed by atoms with van der Waals surface area (Å²) in [5.41, 5.74) is 2.02. The Kier molecular flexibility index (Phi) is 8.89. The Labute approximate surface area is 179 Å². The number of esters is 1. The summed E-state index contributed by atoms with van der Waals surface area (Å²) in [7, 11) is 0. The fourth-order valence-electron chi connectivity index (χ4n) is 2.63. The lowest BCUT2D eigenvalue weighted by Crippen LogP contribution is -2.34. The van der Waals surface area contributed by atoms with Crippen molar-refractivity contribution in [1.82, 2.24) is 5.32 Å². The fourth-order valence-corrected chi connectivity index (χ4v) is 2.86. The molecule has 0 spiro atoms. The second kappa shape index (κ2) is 11.6. The summed E-state index contributed by atoms with van der Waals surface area (Å²) in [5, 5.41) is 16.1. The van der Waals surface area contributed by atoms with Crippen molar-refractivity contribution in [3.63, 3.8) is 0 Å². The van der Waals surface area contributed by atoms with Gasteiger partial charge < -0.3 is 15.4 Å². The van der Waals surface area contributed by atoms with E-state index in [0.717, 1.165) is 6.42 Å². The van der Waals surface area contributed by atoms with Crippen molar-refractivity contribution >= 4 is 40.6 Å². The highest BCUT2D eigenvalue weighted by molar-refractivity contribution is 7.80. The largest absolute Gasteiger partial charge is 0.466 e. The fraction of sp³-hybridized carbons (Fsp3) is 0.286. The molecule has 0 bridgehead atoms. The Morgan fingerprint density at radius 2 is 1.87 bits per heavy atom. The molecule has 0 unspecified atom stereocenters. The lowest BCUT2D eigenvalue weighted by molar-refractivity contribution is -0.385. The Morgan fingerprint density at radius 3 is 2.57 bits per heavy atom. The van der Waals surface area contributed by atoms with Crippen molar-refractivity contribution in [1.29, 1.82) is 0 Å². The summed E-state index contributed by atoms with van der Waals surface area (Å²) >= 11 is 5.04. The Hall–Kier alpha value is -3.33. The Morgan fingerprint density at radius 1 is 1.13 bits per heavy atom. The van der Waals surface area contributed by atoms with Crippen LogP contribution in [0.4, 0.5) is 11.4 Å². The molecule has 0 aromatic heterocycles. The second-order valence-electron chi connectivity index (χ2n) is 6.57. The van der Waals surface area contributed by atoms with Crippen LogP contribution in [0, 0.1) is 17.0 Å². The molecule has 8 nitrogen and oxygen atoms in total. The van der Waals surface area contributed by atoms with E-state index in [4.69, 9.17) is 17.0 Å². The summed E-state index contributed by atoms with van der Waals surface area (Å²) in [6, 6.07) is 14.4. The molecule has 158 valence electrons. The zero-order valence-electron chi connectivity index (χ0n) is 16.6. The molecule has 1 amide bonds. The molecule has 9 heteroatoms. The minimum absolute atomic E-state index is 0.00520. The molecule has 2 rings (SSSR count). The van der Waals surface area contributed by atoms with Gasteiger partial charge in [0, 0.05) is 23.7 Å². The number of aryl methyl sites for hydroxylation is 2. The van der Waals surface area contributed by atoms with E-state index in [1.807, 2.05) is 30.3 Å². The maximum absolute atomic E-state index is 11.9. The third-order valence-corrected chi connectivity index (χ3v) is 4.39. The molecular weight excluding hydrogens is 406 g/mol. The van der Waals surface area contributed by atoms with Gasteiger partial charge in [-0.2, -0.15) is 0 Å². The highest BCUT2D eigenvalue weighted by Gasteiger charge is 2.13. The van der Waals surface area contributed by atoms with E-state index in [0.29, 0.717) is 24.3 Å². The predicted molar refractivity (Wildman–Crippen MR) is 117 cm³/mol. The smallest absolute Gasteiger partial charge is 0.306 e. The van der Waals surface area contributed by atoms with Crippen LogP contribution in [0.2, 0.25) is 0 Å². The van der Waals surface area contributed by atoms with Gasteiger partial charge in [-0.05, 0) is 43.6 Å². The molecule has 0 aliphatic carbocycles. The first kappa shape index (κ1) is 23.0. The standard InChI is InChI=1S/C21H23N3O5S/c1-15-9-10-17(14-18(15)24(27)28)22-21(30)23-19(25)11-12-20(26)29-13-5-8-16-6-3-2-4-7-16/h2-4,6-7,9-10,14H,5,8,11-13H2,1H3,(H2,22,23,25,30). The van der Waals surface area contributed by atoms with Crippen molar-refractivity contribution in [3.05, 3.63) is 69.8 Å². The first-order chi connectivity index (χ1) is 14.3. The van der Waals surface area contributed by atoms with Gasteiger partial charge in [-0.1, -0.05) is 36.4 Å². The van der Waals surface area contributed by atoms with Crippen LogP contribution in [0.1, 0.15) is 30.4 Å². The summed E-state index contributed by atoms with van der Waals surface area (Å²) in [6.45, 7) is 1.92. The van der Waals surface area contributed by atoms with Gasteiger partial charge in [0.15, 0.2) is 5.11 Å². The zero-order valence-corrected chi connectivity index (χ0v) is 17.4. The second-order valence-corrected chi connectivity index (χ2v) is 6.98. The number of hydrogen-bond donors (Lipinski definition) is 2. The molecule has 0 heterocycles. The molecule has 0 aliphatic heterocycles. The van der Waals surface area contributed by atoms with Crippen molar-refractivity contribution < 1.29 is 19.2 Å². The molecule has 0 radical (unpaired) electrons. The molecule has 2 aromatic carbocycles. The predicted octanol–water partition coefficient (Wildman–Crippen LogP) is 3.67. The lowest BCUT2D eigenvalue weighted by atomic mass is 10.1. The molecule has 0 aliphatic rings. The van der Waals surface area contributed by atoms with E-state index in [-0.39, 0.29) is 23.6 Å². The van der Waals surface area contributed by atoms with Gasteiger partial charge in [0.25, 0.3) is 5.69 Å². The number of nitro benzene ring substituents is 1. The molecule has 2 N–H and O–H groups in total. The number of rotatable bonds is 9. The maximum atomic E-state index is 11.9. The minimum Gasteiger partial charge on any atom is -0.466 e. The van der Waals surface area contributed by atoms with E-state index >= 15 is 0 Å². The molecule has 0 saturated heterocycles. The van der Waals surface area contributed by atoms with Crippen LogP contribution in [0.3, 0.4) is 0 Å². The molecule has 0 fully saturated rings. The third kappa shape index (κ3) is 7.96. The van der Waals surface area contributed by atoms with Gasteiger partial charge >= 0.3 is 5.97 Å². The van der Waals surface area contributed by atoms with Crippen LogP contribution in [0.5, 0.6) is 0 Å². The first-order valence-electron chi connectivity index (χ1n) is 9.40. The van der Waals surface area contributed by atoms with Gasteiger partial charge in [-0.25, -0.2) is 0 Å². The number of thiocarbonyl (C=S) groups is 1. The van der Waals surface area contributed by atoms with Crippen molar-refractivity contribution in [2.24, 2.45) is 0 Å². The number of benzene rings is 2. The quantitative estimate of drug-likeness (QED) is 0.206. The van der Waals surface area contributed by atoms with Gasteiger partial charge in [0.05, 0.1) is 18.0 Å². The number of ether oxygens (including phenoxy) is 1. The van der Waals surface area contributed by atoms with Crippen LogP contribution in [-0.4, -0.2) is 28.5 Å². The number of carbonyl (C=O) groups excluding carboxylic acids is 2. The van der Waals surface area contributed by atoms with Crippen LogP contribution in [0.15, 0.2) is 48.5 Å². The van der Waals surface area contributed by atoms with Crippen LogP contribution in [0.25, 0.3) is 0 Å². The highest BCUT2D eigenvalue weighted by Crippen LogP contribution is 2.22. The topological polar surface area (TPSA) is 111 Å². The number of anilines is 1. The Bertz CT molecular complexity index is 918. The van der Waals surface area contributed by atoms with E-state index in [2.05, 4.69) is 10.6 Å². The van der Waals surface area contributed by atoms with Gasteiger partial charge in [-0.15, -0.1) is 0 Å². The summed E-state index contributed by atoms with van der Waals surface area (Å²) in [6.07, 6.45) is 1.38. The lowest BCUT2D eigenvalue weighted by Gasteiger charge is -2.10. The zero-order chi connectivity index (χ0) is 21.9. The third-order valence-electron chi connectivity index (χ3n) is 4.19. The minimum atomic E-state index is -0.492. The van der Waals surface area contributed by atoms with Crippen molar-refractivity contribution in [3.8, 4) is 0 Å². The number of hydrogen-bond acceptors (Lipinski definition) is 6. The normalized spacial score (nSPS) is 10.2. The van der Waals surface area contributed by atoms with E-state index in [9.17, 15) is 19.7 Å². The van der Waals surface area contributed by atoms with Crippen LogP contribution < -0.4 is 10.6 Å². The number of amides is 1. The van der Waals surface area contributed by atoms with Crippen LogP contribution in [-0.2, 0) is 20.7 Å². The summed E-state index contributed by atoms with van der Waals surface area (Å²) in [5.74, 6) is -0.901. The number of nitro groups is 1. The van der Waals surface area contributed by atoms with Gasteiger partial charge in [-0.3, -0.25) is 19.7 Å². The molecule has 0 atom stereocenters. The van der Waals surface area contributed by atoms with Crippen LogP contribution >= 0.6 is 12.2 Å². The first-order valence-corrected chi connectivity index (χ1v) is 9.81. The molecular formula is C21H23N3O5S. The van der Waals surface area contributed by atoms with Gasteiger partial charge in [0.2, 0.25) is 5.91 Å². The molecule has 2 aromatic rings. The number of carbonyl (C=O) groups is 2. The van der Waals surface area contributed by atoms with Gasteiger partial charge in [0.1, 0.15) is 0 Å². The van der Waals surface area contributed by atoms with Crippen molar-refractivity contribution in [2.75, 3.05) is 11.9 Å². The average molecular weight is 429 g/mol. The number of nitrogens with one attached hydrogen (secondary N) is 2. The van der Waals surface area contributed by atoms with E-state index in [1.165, 1.54) is 11.6 Å². The van der Waals surface area contributed by atoms with E-state index in [1.54, 1.807) is 19.1 Å². The summed E-state index contributed by atoms with van der Waals surface area (Å²) < 4.78 is 5.13. The van der Waals surface area contributed by atoms with Crippen molar-refractivity contribution in [2.45, 2.75) is 32.6 Å². The SMILES string of the molecule is Cc1ccc(NC(=S)NC(=O)CCC(=O)OCCCc2ccccc2)cc1[N+](=O)[O-]. The van der Waals surface area contributed by atoms with E-state index < -0.39 is 16.8 Å². The Balaban J connectivity index is 1.66. The molecule has 30 heavy (non-hydrogen) atoms. The maximum Gasteiger partial charge on any atom is 0.306 e.